The van der Waals surface area contributed by atoms with Crippen LogP contribution in [0.4, 0.5) is 0 Å². The van der Waals surface area contributed by atoms with Gasteiger partial charge >= 0.3 is 5.97 Å². The van der Waals surface area contributed by atoms with Gasteiger partial charge in [0.15, 0.2) is 0 Å². The van der Waals surface area contributed by atoms with E-state index in [-0.39, 0.29) is 30.7 Å². The van der Waals surface area contributed by atoms with Crippen LogP contribution < -0.4 is 5.73 Å². The largest absolute Gasteiger partial charge is 0.466 e. The zero-order valence-electron chi connectivity index (χ0n) is 11.7. The molecular weight excluding hydrogens is 268 g/mol. The van der Waals surface area contributed by atoms with Crippen molar-refractivity contribution in [1.29, 1.82) is 0 Å². The number of rotatable bonds is 7. The van der Waals surface area contributed by atoms with Gasteiger partial charge in [0.2, 0.25) is 10.0 Å². The first-order valence-corrected chi connectivity index (χ1v) is 8.34. The Hall–Kier alpha value is -0.660. The fourth-order valence-corrected chi connectivity index (χ4v) is 3.97. The molecule has 0 heterocycles. The van der Waals surface area contributed by atoms with Crippen LogP contribution in [0.15, 0.2) is 0 Å². The average Bonchev–Trinajstić information content (AvgIpc) is 2.84. The highest BCUT2D eigenvalue weighted by Crippen LogP contribution is 2.30. The van der Waals surface area contributed by atoms with Gasteiger partial charge in [0.25, 0.3) is 0 Å². The fourth-order valence-electron chi connectivity index (χ4n) is 2.57. The molecular formula is C12H24N2O4S. The highest BCUT2D eigenvalue weighted by molar-refractivity contribution is 7.89. The van der Waals surface area contributed by atoms with E-state index < -0.39 is 16.0 Å². The summed E-state index contributed by atoms with van der Waals surface area (Å²) in [5.41, 5.74) is 5.67. The van der Waals surface area contributed by atoms with Crippen molar-refractivity contribution in [2.75, 3.05) is 26.0 Å². The fraction of sp³-hybridized carbons (Fsp3) is 0.917. The molecule has 2 N–H and O–H groups in total. The van der Waals surface area contributed by atoms with Crippen molar-refractivity contribution in [3.05, 3.63) is 0 Å². The SMILES string of the molecule is CCOC(=O)CCS(=O)(=O)N(C)C1CCCC1CN. The van der Waals surface area contributed by atoms with Crippen LogP contribution in [0.25, 0.3) is 0 Å². The van der Waals surface area contributed by atoms with Gasteiger partial charge in [-0.25, -0.2) is 12.7 Å². The molecule has 19 heavy (non-hydrogen) atoms. The van der Waals surface area contributed by atoms with Crippen LogP contribution in [0, 0.1) is 5.92 Å². The normalized spacial score (nSPS) is 23.8. The summed E-state index contributed by atoms with van der Waals surface area (Å²) in [6, 6.07) is -0.0304. The van der Waals surface area contributed by atoms with Gasteiger partial charge in [0.05, 0.1) is 18.8 Å². The van der Waals surface area contributed by atoms with Crippen molar-refractivity contribution >= 4 is 16.0 Å². The Morgan fingerprint density at radius 1 is 1.42 bits per heavy atom. The Kier molecular flexibility index (Phi) is 6.22. The number of hydrogen-bond donors (Lipinski definition) is 1. The van der Waals surface area contributed by atoms with Crippen molar-refractivity contribution in [2.24, 2.45) is 11.7 Å². The zero-order chi connectivity index (χ0) is 14.5. The summed E-state index contributed by atoms with van der Waals surface area (Å²) in [7, 11) is -1.84. The smallest absolute Gasteiger partial charge is 0.306 e. The molecule has 0 amide bonds. The summed E-state index contributed by atoms with van der Waals surface area (Å²) in [4.78, 5) is 11.2. The lowest BCUT2D eigenvalue weighted by Gasteiger charge is -2.28. The molecule has 7 heteroatoms. The van der Waals surface area contributed by atoms with Crippen molar-refractivity contribution < 1.29 is 17.9 Å². The number of sulfonamides is 1. The summed E-state index contributed by atoms with van der Waals surface area (Å²) in [6.07, 6.45) is 2.72. The first-order chi connectivity index (χ1) is 8.92. The number of nitrogens with two attached hydrogens (primary N) is 1. The van der Waals surface area contributed by atoms with Gasteiger partial charge in [0, 0.05) is 13.1 Å². The third-order valence-corrected chi connectivity index (χ3v) is 5.57. The predicted molar refractivity (Wildman–Crippen MR) is 73.0 cm³/mol. The van der Waals surface area contributed by atoms with Crippen molar-refractivity contribution in [2.45, 2.75) is 38.6 Å². The lowest BCUT2D eigenvalue weighted by atomic mass is 10.0. The molecule has 2 atom stereocenters. The van der Waals surface area contributed by atoms with Crippen LogP contribution in [0.1, 0.15) is 32.6 Å². The molecule has 0 aromatic heterocycles. The third-order valence-electron chi connectivity index (χ3n) is 3.70. The van der Waals surface area contributed by atoms with Crippen molar-refractivity contribution in [3.8, 4) is 0 Å². The third kappa shape index (κ3) is 4.43. The number of esters is 1. The first kappa shape index (κ1) is 16.4. The summed E-state index contributed by atoms with van der Waals surface area (Å²) in [6.45, 7) is 2.47. The van der Waals surface area contributed by atoms with E-state index in [9.17, 15) is 13.2 Å². The molecule has 0 aromatic carbocycles. The molecule has 2 unspecified atom stereocenters. The maximum atomic E-state index is 12.2. The summed E-state index contributed by atoms with van der Waals surface area (Å²) in [5, 5.41) is 0. The molecule has 0 aromatic rings. The molecule has 1 saturated carbocycles. The highest BCUT2D eigenvalue weighted by atomic mass is 32.2. The highest BCUT2D eigenvalue weighted by Gasteiger charge is 2.35. The summed E-state index contributed by atoms with van der Waals surface area (Å²) in [5.74, 6) is -0.445. The Morgan fingerprint density at radius 3 is 2.68 bits per heavy atom. The molecule has 0 radical (unpaired) electrons. The minimum atomic E-state index is -3.42. The van der Waals surface area contributed by atoms with E-state index in [1.807, 2.05) is 0 Å². The Balaban J connectivity index is 2.58. The van der Waals surface area contributed by atoms with Crippen LogP contribution in [0.2, 0.25) is 0 Å². The summed E-state index contributed by atoms with van der Waals surface area (Å²) >= 11 is 0. The van der Waals surface area contributed by atoms with Gasteiger partial charge in [-0.2, -0.15) is 0 Å². The standard InChI is InChI=1S/C12H24N2O4S/c1-3-18-12(15)7-8-19(16,17)14(2)11-6-4-5-10(11)9-13/h10-11H,3-9,13H2,1-2H3. The van der Waals surface area contributed by atoms with E-state index in [0.29, 0.717) is 6.54 Å². The maximum absolute atomic E-state index is 12.2. The van der Waals surface area contributed by atoms with E-state index in [2.05, 4.69) is 0 Å². The first-order valence-electron chi connectivity index (χ1n) is 6.73. The molecule has 112 valence electrons. The second-order valence-corrected chi connectivity index (χ2v) is 7.03. The molecule has 1 aliphatic carbocycles. The van der Waals surface area contributed by atoms with Crippen LogP contribution in [-0.2, 0) is 19.6 Å². The lowest BCUT2D eigenvalue weighted by molar-refractivity contribution is -0.142. The van der Waals surface area contributed by atoms with Gasteiger partial charge in [0.1, 0.15) is 0 Å². The lowest BCUT2D eigenvalue weighted by Crippen LogP contribution is -2.42. The second kappa shape index (κ2) is 7.21. The van der Waals surface area contributed by atoms with Gasteiger partial charge in [-0.15, -0.1) is 0 Å². The molecule has 1 fully saturated rings. The van der Waals surface area contributed by atoms with Crippen LogP contribution in [0.3, 0.4) is 0 Å². The van der Waals surface area contributed by atoms with Gasteiger partial charge in [-0.05, 0) is 32.2 Å². The van der Waals surface area contributed by atoms with Gasteiger partial charge < -0.3 is 10.5 Å². The number of hydrogen-bond acceptors (Lipinski definition) is 5. The Bertz CT molecular complexity index is 397. The van der Waals surface area contributed by atoms with Crippen molar-refractivity contribution in [1.82, 2.24) is 4.31 Å². The predicted octanol–water partition coefficient (Wildman–Crippen LogP) is 0.329. The molecule has 0 saturated heterocycles. The summed E-state index contributed by atoms with van der Waals surface area (Å²) < 4.78 is 30.5. The van der Waals surface area contributed by atoms with E-state index in [1.54, 1.807) is 14.0 Å². The minimum absolute atomic E-state index is 0.0304. The van der Waals surface area contributed by atoms with Crippen molar-refractivity contribution in [3.63, 3.8) is 0 Å². The van der Waals surface area contributed by atoms with Gasteiger partial charge in [-0.3, -0.25) is 4.79 Å². The van der Waals surface area contributed by atoms with Crippen LogP contribution in [-0.4, -0.2) is 50.7 Å². The number of carbonyl (C=O) groups excluding carboxylic acids is 1. The Morgan fingerprint density at radius 2 is 2.11 bits per heavy atom. The monoisotopic (exact) mass is 292 g/mol. The zero-order valence-corrected chi connectivity index (χ0v) is 12.5. The minimum Gasteiger partial charge on any atom is -0.466 e. The number of ether oxygens (including phenoxy) is 1. The average molecular weight is 292 g/mol. The molecule has 0 bridgehead atoms. The van der Waals surface area contributed by atoms with E-state index in [1.165, 1.54) is 4.31 Å². The van der Waals surface area contributed by atoms with Crippen LogP contribution in [0.5, 0.6) is 0 Å². The molecule has 0 aliphatic heterocycles. The van der Waals surface area contributed by atoms with E-state index >= 15 is 0 Å². The molecule has 1 aliphatic rings. The maximum Gasteiger partial charge on any atom is 0.306 e. The Labute approximate surface area is 115 Å². The van der Waals surface area contributed by atoms with Crippen LogP contribution >= 0.6 is 0 Å². The van der Waals surface area contributed by atoms with E-state index in [0.717, 1.165) is 19.3 Å². The molecule has 0 spiro atoms. The molecule has 6 nitrogen and oxygen atoms in total. The topological polar surface area (TPSA) is 89.7 Å². The number of nitrogens with zero attached hydrogens (tertiary/aromatic N) is 1. The molecule has 1 rings (SSSR count). The second-order valence-electron chi connectivity index (χ2n) is 4.88. The number of carbonyl (C=O) groups is 1. The van der Waals surface area contributed by atoms with E-state index in [4.69, 9.17) is 10.5 Å². The quantitative estimate of drug-likeness (QED) is 0.683. The van der Waals surface area contributed by atoms with Gasteiger partial charge in [-0.1, -0.05) is 6.42 Å².